The molecule has 4 heteroatoms. The second-order valence-corrected chi connectivity index (χ2v) is 5.71. The Morgan fingerprint density at radius 3 is 2.86 bits per heavy atom. The highest BCUT2D eigenvalue weighted by Crippen LogP contribution is 2.14. The van der Waals surface area contributed by atoms with Crippen molar-refractivity contribution in [2.45, 2.75) is 45.8 Å². The summed E-state index contributed by atoms with van der Waals surface area (Å²) < 4.78 is 5.62. The molecule has 4 nitrogen and oxygen atoms in total. The lowest BCUT2D eigenvalue weighted by molar-refractivity contribution is 0.105. The molecule has 1 aliphatic heterocycles. The van der Waals surface area contributed by atoms with Crippen LogP contribution in [-0.2, 0) is 11.3 Å². The van der Waals surface area contributed by atoms with E-state index in [0.717, 1.165) is 32.1 Å². The zero-order valence-corrected chi connectivity index (χ0v) is 13.4. The van der Waals surface area contributed by atoms with Crippen LogP contribution < -0.4 is 10.6 Å². The lowest BCUT2D eigenvalue weighted by Gasteiger charge is -2.15. The smallest absolute Gasteiger partial charge is 0.191 e. The van der Waals surface area contributed by atoms with E-state index in [1.807, 2.05) is 7.05 Å². The van der Waals surface area contributed by atoms with Crippen molar-refractivity contribution in [3.05, 3.63) is 34.9 Å². The first-order valence-electron chi connectivity index (χ1n) is 7.81. The van der Waals surface area contributed by atoms with Gasteiger partial charge in [-0.05, 0) is 44.2 Å². The summed E-state index contributed by atoms with van der Waals surface area (Å²) in [6, 6.07) is 6.54. The van der Waals surface area contributed by atoms with E-state index in [1.54, 1.807) is 0 Å². The number of nitrogens with one attached hydrogen (secondary N) is 2. The fourth-order valence-corrected chi connectivity index (χ4v) is 2.67. The summed E-state index contributed by atoms with van der Waals surface area (Å²) in [6.45, 7) is 6.89. The van der Waals surface area contributed by atoms with Crippen LogP contribution >= 0.6 is 0 Å². The SMILES string of the molecule is CN=C(NCCC1CCCO1)NCc1ccc(C)cc1C. The predicted octanol–water partition coefficient (Wildman–Crippen LogP) is 2.54. The Morgan fingerprint density at radius 2 is 2.19 bits per heavy atom. The summed E-state index contributed by atoms with van der Waals surface area (Å²) >= 11 is 0. The van der Waals surface area contributed by atoms with Crippen molar-refractivity contribution in [2.75, 3.05) is 20.2 Å². The van der Waals surface area contributed by atoms with Crippen molar-refractivity contribution in [3.63, 3.8) is 0 Å². The molecule has 21 heavy (non-hydrogen) atoms. The Balaban J connectivity index is 1.74. The Morgan fingerprint density at radius 1 is 1.33 bits per heavy atom. The molecular weight excluding hydrogens is 262 g/mol. The molecule has 1 aromatic rings. The van der Waals surface area contributed by atoms with Gasteiger partial charge in [-0.3, -0.25) is 4.99 Å². The normalized spacial score (nSPS) is 18.8. The monoisotopic (exact) mass is 289 g/mol. The first-order chi connectivity index (χ1) is 10.2. The average molecular weight is 289 g/mol. The standard InChI is InChI=1S/C17H27N3O/c1-13-6-7-15(14(2)11-13)12-20-17(18-3)19-9-8-16-5-4-10-21-16/h6-7,11,16H,4-5,8-10,12H2,1-3H3,(H2,18,19,20). The van der Waals surface area contributed by atoms with Crippen molar-refractivity contribution in [2.24, 2.45) is 4.99 Å². The van der Waals surface area contributed by atoms with Crippen LogP contribution in [0.25, 0.3) is 0 Å². The first-order valence-corrected chi connectivity index (χ1v) is 7.81. The lowest BCUT2D eigenvalue weighted by atomic mass is 10.1. The van der Waals surface area contributed by atoms with E-state index in [-0.39, 0.29) is 0 Å². The van der Waals surface area contributed by atoms with Crippen molar-refractivity contribution < 1.29 is 4.74 Å². The van der Waals surface area contributed by atoms with Gasteiger partial charge in [0.15, 0.2) is 5.96 Å². The molecule has 1 fully saturated rings. The predicted molar refractivity (Wildman–Crippen MR) is 87.7 cm³/mol. The van der Waals surface area contributed by atoms with Gasteiger partial charge in [-0.1, -0.05) is 23.8 Å². The van der Waals surface area contributed by atoms with Crippen LogP contribution in [0.5, 0.6) is 0 Å². The number of hydrogen-bond donors (Lipinski definition) is 2. The van der Waals surface area contributed by atoms with Crippen LogP contribution in [0.2, 0.25) is 0 Å². The van der Waals surface area contributed by atoms with Gasteiger partial charge in [0, 0.05) is 26.7 Å². The molecule has 0 radical (unpaired) electrons. The van der Waals surface area contributed by atoms with E-state index < -0.39 is 0 Å². The highest BCUT2D eigenvalue weighted by Gasteiger charge is 2.14. The molecule has 0 saturated carbocycles. The van der Waals surface area contributed by atoms with E-state index in [1.165, 1.54) is 29.5 Å². The molecule has 1 aliphatic rings. The number of ether oxygens (including phenoxy) is 1. The maximum Gasteiger partial charge on any atom is 0.191 e. The zero-order valence-electron chi connectivity index (χ0n) is 13.4. The second-order valence-electron chi connectivity index (χ2n) is 5.71. The highest BCUT2D eigenvalue weighted by atomic mass is 16.5. The third kappa shape index (κ3) is 5.05. The summed E-state index contributed by atoms with van der Waals surface area (Å²) in [4.78, 5) is 4.27. The molecule has 1 unspecified atom stereocenters. The van der Waals surface area contributed by atoms with Crippen molar-refractivity contribution in [1.29, 1.82) is 0 Å². The van der Waals surface area contributed by atoms with Crippen molar-refractivity contribution in [1.82, 2.24) is 10.6 Å². The van der Waals surface area contributed by atoms with E-state index in [2.05, 4.69) is 47.7 Å². The largest absolute Gasteiger partial charge is 0.378 e. The minimum atomic E-state index is 0.426. The number of aryl methyl sites for hydroxylation is 2. The molecule has 1 saturated heterocycles. The summed E-state index contributed by atoms with van der Waals surface area (Å²) in [6.07, 6.45) is 3.86. The Hall–Kier alpha value is -1.55. The fraction of sp³-hybridized carbons (Fsp3) is 0.588. The van der Waals surface area contributed by atoms with E-state index in [9.17, 15) is 0 Å². The van der Waals surface area contributed by atoms with Crippen LogP contribution in [0.15, 0.2) is 23.2 Å². The molecule has 0 bridgehead atoms. The summed E-state index contributed by atoms with van der Waals surface area (Å²) in [7, 11) is 1.81. The quantitative estimate of drug-likeness (QED) is 0.647. The number of benzene rings is 1. The minimum Gasteiger partial charge on any atom is -0.378 e. The van der Waals surface area contributed by atoms with E-state index in [0.29, 0.717) is 6.10 Å². The number of rotatable bonds is 5. The lowest BCUT2D eigenvalue weighted by Crippen LogP contribution is -2.38. The Labute approximate surface area is 128 Å². The minimum absolute atomic E-state index is 0.426. The van der Waals surface area contributed by atoms with E-state index in [4.69, 9.17) is 4.74 Å². The topological polar surface area (TPSA) is 45.7 Å². The Bertz CT molecular complexity index is 479. The molecule has 2 N–H and O–H groups in total. The average Bonchev–Trinajstić information content (AvgIpc) is 2.97. The van der Waals surface area contributed by atoms with Gasteiger partial charge in [-0.15, -0.1) is 0 Å². The van der Waals surface area contributed by atoms with Crippen molar-refractivity contribution >= 4 is 5.96 Å². The molecule has 116 valence electrons. The van der Waals surface area contributed by atoms with E-state index >= 15 is 0 Å². The number of guanidine groups is 1. The molecule has 0 spiro atoms. The molecule has 0 aliphatic carbocycles. The van der Waals surface area contributed by atoms with Gasteiger partial charge in [-0.25, -0.2) is 0 Å². The first kappa shape index (κ1) is 15.8. The van der Waals surface area contributed by atoms with Gasteiger partial charge in [0.2, 0.25) is 0 Å². The van der Waals surface area contributed by atoms with Gasteiger partial charge in [-0.2, -0.15) is 0 Å². The maximum atomic E-state index is 5.62. The van der Waals surface area contributed by atoms with Crippen LogP contribution in [0, 0.1) is 13.8 Å². The third-order valence-corrected chi connectivity index (χ3v) is 3.95. The molecule has 1 aromatic carbocycles. The van der Waals surface area contributed by atoms with Gasteiger partial charge in [0.1, 0.15) is 0 Å². The van der Waals surface area contributed by atoms with Gasteiger partial charge >= 0.3 is 0 Å². The van der Waals surface area contributed by atoms with Gasteiger partial charge < -0.3 is 15.4 Å². The van der Waals surface area contributed by atoms with Gasteiger partial charge in [0.25, 0.3) is 0 Å². The number of aliphatic imine (C=N–C) groups is 1. The highest BCUT2D eigenvalue weighted by molar-refractivity contribution is 5.79. The Kier molecular flexibility index (Phi) is 6.05. The summed E-state index contributed by atoms with van der Waals surface area (Å²) in [5, 5.41) is 6.73. The van der Waals surface area contributed by atoms with Crippen molar-refractivity contribution in [3.8, 4) is 0 Å². The molecule has 2 rings (SSSR count). The molecular formula is C17H27N3O. The molecule has 0 amide bonds. The van der Waals surface area contributed by atoms with Crippen LogP contribution in [0.1, 0.15) is 36.0 Å². The second kappa shape index (κ2) is 8.03. The van der Waals surface area contributed by atoms with Crippen LogP contribution in [0.3, 0.4) is 0 Å². The number of nitrogens with zero attached hydrogens (tertiary/aromatic N) is 1. The molecule has 1 heterocycles. The summed E-state index contributed by atoms with van der Waals surface area (Å²) in [5.74, 6) is 0.855. The van der Waals surface area contributed by atoms with Crippen LogP contribution in [0.4, 0.5) is 0 Å². The van der Waals surface area contributed by atoms with Crippen LogP contribution in [-0.4, -0.2) is 32.3 Å². The molecule has 0 aromatic heterocycles. The molecule has 1 atom stereocenters. The third-order valence-electron chi connectivity index (χ3n) is 3.95. The maximum absolute atomic E-state index is 5.62. The van der Waals surface area contributed by atoms with Gasteiger partial charge in [0.05, 0.1) is 6.10 Å². The fourth-order valence-electron chi connectivity index (χ4n) is 2.67. The zero-order chi connectivity index (χ0) is 15.1. The summed E-state index contributed by atoms with van der Waals surface area (Å²) in [5.41, 5.74) is 3.93. The number of hydrogen-bond acceptors (Lipinski definition) is 2.